The molecule has 10 heteroatoms. The van der Waals surface area contributed by atoms with Crippen LogP contribution in [0, 0.1) is 0 Å². The summed E-state index contributed by atoms with van der Waals surface area (Å²) in [4.78, 5) is 22.5. The number of aliphatic hydroxyl groups excluding tert-OH is 2. The first-order valence-electron chi connectivity index (χ1n) is 18.5. The van der Waals surface area contributed by atoms with Crippen molar-refractivity contribution >= 4 is 13.7 Å². The van der Waals surface area contributed by atoms with Crippen molar-refractivity contribution in [3.8, 4) is 0 Å². The number of hydrogen-bond acceptors (Lipinski definition) is 7. The van der Waals surface area contributed by atoms with Crippen LogP contribution >= 0.6 is 7.82 Å². The van der Waals surface area contributed by atoms with Crippen LogP contribution in [0.25, 0.3) is 0 Å². The molecule has 0 spiro atoms. The van der Waals surface area contributed by atoms with Crippen LogP contribution in [0.3, 0.4) is 0 Å². The van der Waals surface area contributed by atoms with Gasteiger partial charge in [0.05, 0.1) is 37.9 Å². The number of nitrogens with one attached hydrogen (secondary N) is 1. The highest BCUT2D eigenvalue weighted by Gasteiger charge is 2.27. The molecular formula is C36H71N2O7P. The number of nitrogens with two attached hydrogens (primary N) is 1. The molecule has 0 saturated heterocycles. The molecule has 9 nitrogen and oxygen atoms in total. The zero-order valence-electron chi connectivity index (χ0n) is 29.4. The van der Waals surface area contributed by atoms with Gasteiger partial charge in [-0.05, 0) is 44.9 Å². The van der Waals surface area contributed by atoms with E-state index in [1.165, 1.54) is 83.5 Å². The Labute approximate surface area is 281 Å². The Morgan fingerprint density at radius 1 is 0.739 bits per heavy atom. The van der Waals surface area contributed by atoms with Gasteiger partial charge in [0.25, 0.3) is 0 Å². The largest absolute Gasteiger partial charge is 0.472 e. The molecule has 0 aromatic heterocycles. The maximum absolute atomic E-state index is 12.7. The van der Waals surface area contributed by atoms with E-state index in [1.54, 1.807) is 6.08 Å². The van der Waals surface area contributed by atoms with E-state index >= 15 is 0 Å². The number of carbonyl (C=O) groups excluding carboxylic acids is 1. The molecule has 0 aliphatic heterocycles. The Balaban J connectivity index is 4.35. The van der Waals surface area contributed by atoms with Crippen molar-refractivity contribution in [1.82, 2.24) is 5.32 Å². The van der Waals surface area contributed by atoms with Crippen LogP contribution in [0.2, 0.25) is 0 Å². The summed E-state index contributed by atoms with van der Waals surface area (Å²) < 4.78 is 21.9. The van der Waals surface area contributed by atoms with Crippen LogP contribution in [0.15, 0.2) is 24.3 Å². The first-order valence-corrected chi connectivity index (χ1v) is 20.0. The first-order chi connectivity index (χ1) is 22.3. The number of aliphatic hydroxyl groups is 2. The lowest BCUT2D eigenvalue weighted by Crippen LogP contribution is -2.46. The first kappa shape index (κ1) is 44.9. The van der Waals surface area contributed by atoms with Gasteiger partial charge in [0.1, 0.15) is 0 Å². The summed E-state index contributed by atoms with van der Waals surface area (Å²) in [5, 5.41) is 23.8. The van der Waals surface area contributed by atoms with Crippen molar-refractivity contribution in [1.29, 1.82) is 0 Å². The molecule has 4 unspecified atom stereocenters. The smallest absolute Gasteiger partial charge is 0.393 e. The third-order valence-corrected chi connectivity index (χ3v) is 9.06. The predicted octanol–water partition coefficient (Wildman–Crippen LogP) is 8.41. The van der Waals surface area contributed by atoms with Gasteiger partial charge in [-0.15, -0.1) is 0 Å². The number of amides is 1. The normalized spacial score (nSPS) is 15.3. The fraction of sp³-hybridized carbons (Fsp3) is 0.861. The quantitative estimate of drug-likeness (QED) is 0.0259. The molecule has 0 radical (unpaired) electrons. The lowest BCUT2D eigenvalue weighted by molar-refractivity contribution is -0.124. The predicted molar refractivity (Wildman–Crippen MR) is 191 cm³/mol. The fourth-order valence-corrected chi connectivity index (χ4v) is 5.99. The van der Waals surface area contributed by atoms with Gasteiger partial charge in [-0.2, -0.15) is 0 Å². The van der Waals surface area contributed by atoms with Crippen molar-refractivity contribution in [2.45, 2.75) is 180 Å². The van der Waals surface area contributed by atoms with Gasteiger partial charge in [0.2, 0.25) is 5.91 Å². The SMILES string of the molecule is CCCCCCCC/C=C/C(O)C(COP(=O)(O)OCCN)NC(=O)CC(O)CCCCC/C=C\CCCCCCCCCCC. The molecule has 0 aliphatic carbocycles. The van der Waals surface area contributed by atoms with Gasteiger partial charge in [-0.1, -0.05) is 134 Å². The van der Waals surface area contributed by atoms with Crippen molar-refractivity contribution in [2.24, 2.45) is 5.73 Å². The molecule has 272 valence electrons. The van der Waals surface area contributed by atoms with E-state index < -0.39 is 38.6 Å². The molecule has 6 N–H and O–H groups in total. The van der Waals surface area contributed by atoms with Gasteiger partial charge < -0.3 is 26.2 Å². The van der Waals surface area contributed by atoms with Crippen LogP contribution in [0.5, 0.6) is 0 Å². The van der Waals surface area contributed by atoms with Crippen molar-refractivity contribution < 1.29 is 33.5 Å². The molecule has 0 bridgehead atoms. The second-order valence-corrected chi connectivity index (χ2v) is 14.1. The minimum Gasteiger partial charge on any atom is -0.393 e. The second-order valence-electron chi connectivity index (χ2n) is 12.6. The third-order valence-electron chi connectivity index (χ3n) is 8.08. The monoisotopic (exact) mass is 674 g/mol. The Morgan fingerprint density at radius 2 is 1.22 bits per heavy atom. The lowest BCUT2D eigenvalue weighted by Gasteiger charge is -2.24. The minimum absolute atomic E-state index is 0.0475. The number of unbranched alkanes of at least 4 members (excludes halogenated alkanes) is 18. The van der Waals surface area contributed by atoms with Gasteiger partial charge in [-0.25, -0.2) is 4.57 Å². The average Bonchev–Trinajstić information content (AvgIpc) is 3.03. The minimum atomic E-state index is -4.39. The summed E-state index contributed by atoms with van der Waals surface area (Å²) in [6.45, 7) is 3.89. The van der Waals surface area contributed by atoms with Crippen molar-refractivity contribution in [2.75, 3.05) is 19.8 Å². The maximum atomic E-state index is 12.7. The number of carbonyl (C=O) groups is 1. The summed E-state index contributed by atoms with van der Waals surface area (Å²) >= 11 is 0. The number of allylic oxidation sites excluding steroid dienone is 3. The fourth-order valence-electron chi connectivity index (χ4n) is 5.23. The van der Waals surface area contributed by atoms with E-state index in [4.69, 9.17) is 14.8 Å². The standard InChI is InChI=1S/C36H71N2O7P/c1-3-5-7-9-11-13-14-15-16-17-18-19-20-21-23-25-27-33(39)31-36(41)38-34(32-45-46(42,43)44-30-29-37)35(40)28-26-24-22-12-10-8-6-4-2/h18-19,26,28,33-35,39-40H,3-17,20-25,27,29-32,37H2,1-2H3,(H,38,41)(H,42,43)/b19-18-,28-26+. The molecule has 0 aromatic carbocycles. The van der Waals surface area contributed by atoms with Crippen LogP contribution < -0.4 is 11.1 Å². The van der Waals surface area contributed by atoms with Gasteiger partial charge >= 0.3 is 7.82 Å². The molecule has 0 fully saturated rings. The van der Waals surface area contributed by atoms with E-state index in [2.05, 4.69) is 31.3 Å². The van der Waals surface area contributed by atoms with E-state index in [9.17, 15) is 24.5 Å². The number of rotatable bonds is 34. The highest BCUT2D eigenvalue weighted by molar-refractivity contribution is 7.47. The molecule has 0 saturated carbocycles. The second kappa shape index (κ2) is 32.5. The Hall–Kier alpha value is -1.06. The summed E-state index contributed by atoms with van der Waals surface area (Å²) in [6, 6.07) is -0.982. The van der Waals surface area contributed by atoms with Crippen molar-refractivity contribution in [3.05, 3.63) is 24.3 Å². The van der Waals surface area contributed by atoms with Crippen LogP contribution in [-0.2, 0) is 18.4 Å². The summed E-state index contributed by atoms with van der Waals surface area (Å²) in [7, 11) is -4.39. The summed E-state index contributed by atoms with van der Waals surface area (Å²) in [5.41, 5.74) is 5.33. The highest BCUT2D eigenvalue weighted by atomic mass is 31.2. The number of hydrogen-bond donors (Lipinski definition) is 5. The molecule has 46 heavy (non-hydrogen) atoms. The van der Waals surface area contributed by atoms with Gasteiger partial charge in [-0.3, -0.25) is 13.8 Å². The van der Waals surface area contributed by atoms with E-state index in [0.717, 1.165) is 51.4 Å². The molecule has 4 atom stereocenters. The zero-order chi connectivity index (χ0) is 34.1. The zero-order valence-corrected chi connectivity index (χ0v) is 30.3. The molecule has 0 aromatic rings. The number of phosphoric acid groups is 1. The maximum Gasteiger partial charge on any atom is 0.472 e. The highest BCUT2D eigenvalue weighted by Crippen LogP contribution is 2.43. The third kappa shape index (κ3) is 30.3. The molecule has 1 amide bonds. The Bertz CT molecular complexity index is 796. The van der Waals surface area contributed by atoms with Gasteiger partial charge in [0, 0.05) is 6.54 Å². The van der Waals surface area contributed by atoms with Crippen LogP contribution in [-0.4, -0.2) is 59.0 Å². The molecular weight excluding hydrogens is 603 g/mol. The van der Waals surface area contributed by atoms with E-state index in [0.29, 0.717) is 6.42 Å². The topological polar surface area (TPSA) is 151 Å². The van der Waals surface area contributed by atoms with Crippen LogP contribution in [0.4, 0.5) is 0 Å². The molecule has 0 rings (SSSR count). The molecule has 0 aliphatic rings. The molecule has 0 heterocycles. The Kier molecular flexibility index (Phi) is 31.7. The van der Waals surface area contributed by atoms with E-state index in [-0.39, 0.29) is 19.6 Å². The van der Waals surface area contributed by atoms with Crippen molar-refractivity contribution in [3.63, 3.8) is 0 Å². The summed E-state index contributed by atoms with van der Waals surface area (Å²) in [6.07, 6.45) is 31.4. The average molecular weight is 675 g/mol. The summed E-state index contributed by atoms with van der Waals surface area (Å²) in [5.74, 6) is -0.459. The van der Waals surface area contributed by atoms with E-state index in [1.807, 2.05) is 6.08 Å². The number of phosphoric ester groups is 1. The van der Waals surface area contributed by atoms with Gasteiger partial charge in [0.15, 0.2) is 0 Å². The lowest BCUT2D eigenvalue weighted by atomic mass is 10.0. The van der Waals surface area contributed by atoms with Crippen LogP contribution in [0.1, 0.15) is 162 Å². The Morgan fingerprint density at radius 3 is 1.74 bits per heavy atom.